The summed E-state index contributed by atoms with van der Waals surface area (Å²) in [6.45, 7) is 0.711. The molecule has 0 bridgehead atoms. The van der Waals surface area contributed by atoms with Crippen LogP contribution >= 0.6 is 0 Å². The van der Waals surface area contributed by atoms with Gasteiger partial charge in [-0.3, -0.25) is 0 Å². The summed E-state index contributed by atoms with van der Waals surface area (Å²) in [4.78, 5) is 0. The normalized spacial score (nSPS) is 12.0. The van der Waals surface area contributed by atoms with E-state index in [1.807, 2.05) is 30.3 Å². The molecule has 1 heterocycles. The van der Waals surface area contributed by atoms with Gasteiger partial charge in [0.1, 0.15) is 11.5 Å². The van der Waals surface area contributed by atoms with Crippen LogP contribution in [0.4, 0.5) is 0 Å². The maximum atomic E-state index is 5.42. The monoisotopic (exact) mass is 307 g/mol. The Kier molecular flexibility index (Phi) is 5.12. The van der Waals surface area contributed by atoms with Gasteiger partial charge < -0.3 is 14.5 Å². The van der Waals surface area contributed by atoms with Crippen molar-refractivity contribution in [3.05, 3.63) is 89.9 Å². The Morgan fingerprint density at radius 3 is 2.39 bits per heavy atom. The van der Waals surface area contributed by atoms with Crippen LogP contribution in [0.2, 0.25) is 0 Å². The maximum absolute atomic E-state index is 5.42. The van der Waals surface area contributed by atoms with Gasteiger partial charge in [0.25, 0.3) is 0 Å². The zero-order valence-electron chi connectivity index (χ0n) is 13.2. The van der Waals surface area contributed by atoms with Gasteiger partial charge in [-0.2, -0.15) is 0 Å². The lowest BCUT2D eigenvalue weighted by Gasteiger charge is -2.19. The number of methoxy groups -OCH3 is 1. The topological polar surface area (TPSA) is 34.4 Å². The second-order valence-electron chi connectivity index (χ2n) is 5.48. The van der Waals surface area contributed by atoms with Gasteiger partial charge in [-0.05, 0) is 41.8 Å². The van der Waals surface area contributed by atoms with Crippen LogP contribution in [0.5, 0.6) is 5.75 Å². The van der Waals surface area contributed by atoms with Crippen LogP contribution < -0.4 is 10.1 Å². The van der Waals surface area contributed by atoms with Crippen LogP contribution in [0, 0.1) is 0 Å². The predicted octanol–water partition coefficient (Wildman–Crippen LogP) is 4.36. The van der Waals surface area contributed by atoms with E-state index >= 15 is 0 Å². The first-order valence-electron chi connectivity index (χ1n) is 7.79. The third-order valence-corrected chi connectivity index (χ3v) is 3.90. The molecule has 3 rings (SSSR count). The minimum Gasteiger partial charge on any atom is -0.497 e. The molecule has 0 amide bonds. The van der Waals surface area contributed by atoms with Crippen molar-refractivity contribution in [3.63, 3.8) is 0 Å². The first-order chi connectivity index (χ1) is 11.3. The summed E-state index contributed by atoms with van der Waals surface area (Å²) in [5.41, 5.74) is 2.54. The Morgan fingerprint density at radius 1 is 0.957 bits per heavy atom. The quantitative estimate of drug-likeness (QED) is 0.704. The molecule has 3 heteroatoms. The Hall–Kier alpha value is -2.52. The number of benzene rings is 2. The van der Waals surface area contributed by atoms with Crippen LogP contribution in [0.1, 0.15) is 22.9 Å². The Bertz CT molecular complexity index is 690. The largest absolute Gasteiger partial charge is 0.497 e. The van der Waals surface area contributed by atoms with Crippen molar-refractivity contribution < 1.29 is 9.15 Å². The Balaban J connectivity index is 1.73. The van der Waals surface area contributed by atoms with Crippen LogP contribution in [0.15, 0.2) is 77.4 Å². The third kappa shape index (κ3) is 4.24. The molecule has 118 valence electrons. The second-order valence-corrected chi connectivity index (χ2v) is 5.48. The van der Waals surface area contributed by atoms with Crippen molar-refractivity contribution in [2.75, 3.05) is 7.11 Å². The fourth-order valence-corrected chi connectivity index (χ4v) is 2.63. The molecule has 0 aliphatic carbocycles. The number of hydrogen-bond donors (Lipinski definition) is 1. The zero-order valence-corrected chi connectivity index (χ0v) is 13.2. The smallest absolute Gasteiger partial charge is 0.118 e. The summed E-state index contributed by atoms with van der Waals surface area (Å²) < 4.78 is 10.6. The van der Waals surface area contributed by atoms with Crippen LogP contribution in [-0.2, 0) is 13.0 Å². The number of rotatable bonds is 7. The minimum atomic E-state index is 0.231. The molecule has 1 atom stereocenters. The summed E-state index contributed by atoms with van der Waals surface area (Å²) in [7, 11) is 1.69. The predicted molar refractivity (Wildman–Crippen MR) is 91.4 cm³/mol. The zero-order chi connectivity index (χ0) is 15.9. The highest BCUT2D eigenvalue weighted by molar-refractivity contribution is 5.29. The molecular weight excluding hydrogens is 286 g/mol. The van der Waals surface area contributed by atoms with Crippen LogP contribution in [0.25, 0.3) is 0 Å². The van der Waals surface area contributed by atoms with Crippen molar-refractivity contribution in [1.29, 1.82) is 0 Å². The number of furan rings is 1. The highest BCUT2D eigenvalue weighted by Crippen LogP contribution is 2.21. The molecule has 0 radical (unpaired) electrons. The molecule has 3 aromatic rings. The van der Waals surface area contributed by atoms with Gasteiger partial charge in [-0.15, -0.1) is 0 Å². The van der Waals surface area contributed by atoms with Crippen molar-refractivity contribution >= 4 is 0 Å². The summed E-state index contributed by atoms with van der Waals surface area (Å²) >= 11 is 0. The van der Waals surface area contributed by atoms with Gasteiger partial charge in [-0.1, -0.05) is 42.5 Å². The van der Waals surface area contributed by atoms with E-state index in [0.29, 0.717) is 6.54 Å². The molecule has 0 unspecified atom stereocenters. The average Bonchev–Trinajstić information content (AvgIpc) is 3.13. The van der Waals surface area contributed by atoms with E-state index in [1.165, 1.54) is 11.1 Å². The standard InChI is InChI=1S/C20H21NO2/c1-22-18-11-9-16(10-12-18)14-20(17-6-3-2-4-7-17)21-15-19-8-5-13-23-19/h2-13,20-21H,14-15H2,1H3/t20-/m0/s1. The molecule has 3 nitrogen and oxygen atoms in total. The van der Waals surface area contributed by atoms with E-state index in [1.54, 1.807) is 13.4 Å². The van der Waals surface area contributed by atoms with E-state index in [-0.39, 0.29) is 6.04 Å². The fraction of sp³-hybridized carbons (Fsp3) is 0.200. The molecule has 23 heavy (non-hydrogen) atoms. The van der Waals surface area contributed by atoms with Crippen molar-refractivity contribution in [1.82, 2.24) is 5.32 Å². The van der Waals surface area contributed by atoms with Gasteiger partial charge in [0.2, 0.25) is 0 Å². The fourth-order valence-electron chi connectivity index (χ4n) is 2.63. The van der Waals surface area contributed by atoms with Gasteiger partial charge in [0, 0.05) is 6.04 Å². The molecule has 0 saturated heterocycles. The van der Waals surface area contributed by atoms with Crippen LogP contribution in [-0.4, -0.2) is 7.11 Å². The molecule has 0 saturated carbocycles. The van der Waals surface area contributed by atoms with Gasteiger partial charge in [0.05, 0.1) is 19.9 Å². The van der Waals surface area contributed by atoms with Gasteiger partial charge in [0.15, 0.2) is 0 Å². The summed E-state index contributed by atoms with van der Waals surface area (Å²) in [5, 5.41) is 3.59. The Labute approximate surface area is 136 Å². The maximum Gasteiger partial charge on any atom is 0.118 e. The lowest BCUT2D eigenvalue weighted by molar-refractivity contribution is 0.414. The lowest BCUT2D eigenvalue weighted by atomic mass is 9.98. The highest BCUT2D eigenvalue weighted by Gasteiger charge is 2.12. The first kappa shape index (κ1) is 15.4. The second kappa shape index (κ2) is 7.65. The van der Waals surface area contributed by atoms with E-state index in [2.05, 4.69) is 41.7 Å². The van der Waals surface area contributed by atoms with E-state index in [9.17, 15) is 0 Å². The van der Waals surface area contributed by atoms with Crippen molar-refractivity contribution in [2.45, 2.75) is 19.0 Å². The summed E-state index contributed by atoms with van der Waals surface area (Å²) in [5.74, 6) is 1.83. The molecular formula is C20H21NO2. The number of nitrogens with one attached hydrogen (secondary N) is 1. The molecule has 2 aromatic carbocycles. The molecule has 0 spiro atoms. The summed E-state index contributed by atoms with van der Waals surface area (Å²) in [6.07, 6.45) is 2.62. The van der Waals surface area contributed by atoms with Crippen molar-refractivity contribution in [3.8, 4) is 5.75 Å². The third-order valence-electron chi connectivity index (χ3n) is 3.90. The van der Waals surface area contributed by atoms with E-state index < -0.39 is 0 Å². The lowest BCUT2D eigenvalue weighted by Crippen LogP contribution is -2.22. The van der Waals surface area contributed by atoms with E-state index in [4.69, 9.17) is 9.15 Å². The first-order valence-corrected chi connectivity index (χ1v) is 7.79. The number of hydrogen-bond acceptors (Lipinski definition) is 3. The molecule has 1 aromatic heterocycles. The van der Waals surface area contributed by atoms with Gasteiger partial charge >= 0.3 is 0 Å². The minimum absolute atomic E-state index is 0.231. The molecule has 1 N–H and O–H groups in total. The molecule has 0 aliphatic heterocycles. The van der Waals surface area contributed by atoms with Crippen molar-refractivity contribution in [2.24, 2.45) is 0 Å². The number of ether oxygens (including phenoxy) is 1. The molecule has 0 fully saturated rings. The average molecular weight is 307 g/mol. The Morgan fingerprint density at radius 2 is 1.74 bits per heavy atom. The van der Waals surface area contributed by atoms with Gasteiger partial charge in [-0.25, -0.2) is 0 Å². The molecule has 0 aliphatic rings. The highest BCUT2D eigenvalue weighted by atomic mass is 16.5. The van der Waals surface area contributed by atoms with Crippen LogP contribution in [0.3, 0.4) is 0 Å². The summed E-state index contributed by atoms with van der Waals surface area (Å²) in [6, 6.07) is 22.9. The SMILES string of the molecule is COc1ccc(C[C@H](NCc2ccco2)c2ccccc2)cc1. The van der Waals surface area contributed by atoms with E-state index in [0.717, 1.165) is 17.9 Å².